The van der Waals surface area contributed by atoms with Gasteiger partial charge in [-0.3, -0.25) is 14.9 Å². The highest BCUT2D eigenvalue weighted by atomic mass is 35.5. The molecule has 1 amide bonds. The Morgan fingerprint density at radius 2 is 1.93 bits per heavy atom. The minimum atomic E-state index is -0.874. The minimum Gasteiger partial charge on any atom is -0.479 e. The lowest BCUT2D eigenvalue weighted by Crippen LogP contribution is -2.31. The fraction of sp³-hybridized carbons (Fsp3) is 0.222. The predicted molar refractivity (Wildman–Crippen MR) is 98.8 cm³/mol. The first-order chi connectivity index (χ1) is 12.9. The Bertz CT molecular complexity index is 828. The number of nitro groups is 1. The van der Waals surface area contributed by atoms with Crippen molar-refractivity contribution in [1.29, 1.82) is 0 Å². The lowest BCUT2D eigenvalue weighted by atomic mass is 10.2. The molecule has 0 radical (unpaired) electrons. The van der Waals surface area contributed by atoms with Crippen LogP contribution in [-0.4, -0.2) is 29.5 Å². The zero-order chi connectivity index (χ0) is 19.8. The Labute approximate surface area is 160 Å². The number of hydrogen-bond acceptors (Lipinski definition) is 6. The summed E-state index contributed by atoms with van der Waals surface area (Å²) in [5.41, 5.74) is -0.404. The zero-order valence-electron chi connectivity index (χ0n) is 14.4. The number of esters is 1. The van der Waals surface area contributed by atoms with Crippen LogP contribution in [0, 0.1) is 10.1 Å². The van der Waals surface area contributed by atoms with E-state index in [0.29, 0.717) is 12.2 Å². The summed E-state index contributed by atoms with van der Waals surface area (Å²) >= 11 is 5.79. The van der Waals surface area contributed by atoms with Crippen LogP contribution < -0.4 is 10.1 Å². The van der Waals surface area contributed by atoms with Crippen molar-refractivity contribution in [3.8, 4) is 5.75 Å². The van der Waals surface area contributed by atoms with Crippen molar-refractivity contribution in [2.75, 3.05) is 11.9 Å². The van der Waals surface area contributed by atoms with Gasteiger partial charge in [0, 0.05) is 11.1 Å². The molecule has 0 heterocycles. The molecule has 0 aliphatic heterocycles. The van der Waals surface area contributed by atoms with Gasteiger partial charge in [0.2, 0.25) is 0 Å². The van der Waals surface area contributed by atoms with E-state index < -0.39 is 29.5 Å². The Morgan fingerprint density at radius 1 is 1.22 bits per heavy atom. The van der Waals surface area contributed by atoms with Gasteiger partial charge >= 0.3 is 5.97 Å². The summed E-state index contributed by atoms with van der Waals surface area (Å²) in [6.45, 7) is 1.13. The number of rotatable bonds is 8. The van der Waals surface area contributed by atoms with Gasteiger partial charge < -0.3 is 14.8 Å². The van der Waals surface area contributed by atoms with Gasteiger partial charge in [-0.05, 0) is 30.7 Å². The van der Waals surface area contributed by atoms with E-state index in [0.717, 1.165) is 0 Å². The number of benzene rings is 2. The highest BCUT2D eigenvalue weighted by molar-refractivity contribution is 6.31. The molecule has 2 rings (SSSR count). The molecule has 0 aromatic heterocycles. The fourth-order valence-corrected chi connectivity index (χ4v) is 2.32. The molecule has 0 unspecified atom stereocenters. The maximum atomic E-state index is 12.1. The van der Waals surface area contributed by atoms with Gasteiger partial charge in [-0.1, -0.05) is 36.7 Å². The van der Waals surface area contributed by atoms with E-state index in [4.69, 9.17) is 21.1 Å². The van der Waals surface area contributed by atoms with Crippen molar-refractivity contribution in [2.45, 2.75) is 19.4 Å². The van der Waals surface area contributed by atoms with E-state index in [1.807, 2.05) is 6.07 Å². The van der Waals surface area contributed by atoms with Crippen LogP contribution in [0.4, 0.5) is 11.4 Å². The van der Waals surface area contributed by atoms with Crippen LogP contribution in [0.3, 0.4) is 0 Å². The number of carbonyl (C=O) groups excluding carboxylic acids is 2. The van der Waals surface area contributed by atoms with Crippen LogP contribution in [0.15, 0.2) is 48.5 Å². The topological polar surface area (TPSA) is 108 Å². The molecule has 0 saturated heterocycles. The number of hydrogen-bond donors (Lipinski definition) is 1. The number of carbonyl (C=O) groups is 2. The SMILES string of the molecule is CC[C@@H](Oc1ccccc1)C(=O)OCC(=O)Nc1cc(Cl)ccc1[N+](=O)[O-]. The summed E-state index contributed by atoms with van der Waals surface area (Å²) in [6, 6.07) is 12.5. The summed E-state index contributed by atoms with van der Waals surface area (Å²) in [6.07, 6.45) is -0.532. The lowest BCUT2D eigenvalue weighted by molar-refractivity contribution is -0.383. The fourth-order valence-electron chi connectivity index (χ4n) is 2.14. The highest BCUT2D eigenvalue weighted by Gasteiger charge is 2.22. The van der Waals surface area contributed by atoms with Gasteiger partial charge in [-0.2, -0.15) is 0 Å². The number of ether oxygens (including phenoxy) is 2. The van der Waals surface area contributed by atoms with E-state index >= 15 is 0 Å². The maximum absolute atomic E-state index is 12.1. The third-order valence-electron chi connectivity index (χ3n) is 3.43. The highest BCUT2D eigenvalue weighted by Crippen LogP contribution is 2.27. The van der Waals surface area contributed by atoms with E-state index in [2.05, 4.69) is 5.32 Å². The molecule has 0 aliphatic carbocycles. The van der Waals surface area contributed by atoms with Crippen molar-refractivity contribution < 1.29 is 24.0 Å². The molecule has 142 valence electrons. The molecule has 8 nitrogen and oxygen atoms in total. The first kappa shape index (κ1) is 20.2. The second kappa shape index (κ2) is 9.54. The van der Waals surface area contributed by atoms with Gasteiger partial charge in [0.1, 0.15) is 11.4 Å². The molecule has 1 N–H and O–H groups in total. The third kappa shape index (κ3) is 5.96. The van der Waals surface area contributed by atoms with E-state index in [9.17, 15) is 19.7 Å². The third-order valence-corrected chi connectivity index (χ3v) is 3.67. The largest absolute Gasteiger partial charge is 0.479 e. The number of para-hydroxylation sites is 1. The average molecular weight is 393 g/mol. The summed E-state index contributed by atoms with van der Waals surface area (Å²) in [5.74, 6) is -0.944. The van der Waals surface area contributed by atoms with Crippen molar-refractivity contribution in [1.82, 2.24) is 0 Å². The van der Waals surface area contributed by atoms with E-state index in [1.165, 1.54) is 18.2 Å². The Kier molecular flexibility index (Phi) is 7.13. The molecular formula is C18H17ClN2O6. The van der Waals surface area contributed by atoms with Gasteiger partial charge in [0.15, 0.2) is 12.7 Å². The molecule has 2 aromatic carbocycles. The Balaban J connectivity index is 1.93. The van der Waals surface area contributed by atoms with E-state index in [-0.39, 0.29) is 16.4 Å². The van der Waals surface area contributed by atoms with Crippen molar-refractivity contribution in [2.24, 2.45) is 0 Å². The molecule has 27 heavy (non-hydrogen) atoms. The zero-order valence-corrected chi connectivity index (χ0v) is 15.1. The number of nitrogens with one attached hydrogen (secondary N) is 1. The van der Waals surface area contributed by atoms with Gasteiger partial charge in [0.25, 0.3) is 11.6 Å². The van der Waals surface area contributed by atoms with Crippen LogP contribution in [0.5, 0.6) is 5.75 Å². The monoisotopic (exact) mass is 392 g/mol. The molecule has 1 atom stereocenters. The number of nitrogens with zero attached hydrogens (tertiary/aromatic N) is 1. The van der Waals surface area contributed by atoms with Crippen LogP contribution >= 0.6 is 11.6 Å². The van der Waals surface area contributed by atoms with Crippen LogP contribution in [0.25, 0.3) is 0 Å². The molecule has 2 aromatic rings. The molecule has 0 fully saturated rings. The smallest absolute Gasteiger partial charge is 0.347 e. The maximum Gasteiger partial charge on any atom is 0.347 e. The number of anilines is 1. The van der Waals surface area contributed by atoms with Crippen molar-refractivity contribution >= 4 is 34.9 Å². The minimum absolute atomic E-state index is 0.0823. The second-order valence-corrected chi connectivity index (χ2v) is 5.84. The summed E-state index contributed by atoms with van der Waals surface area (Å²) in [4.78, 5) is 34.4. The first-order valence-corrected chi connectivity index (χ1v) is 8.40. The molecular weight excluding hydrogens is 376 g/mol. The molecule has 0 aliphatic rings. The second-order valence-electron chi connectivity index (χ2n) is 5.40. The van der Waals surface area contributed by atoms with Crippen LogP contribution in [0.1, 0.15) is 13.3 Å². The van der Waals surface area contributed by atoms with Gasteiger partial charge in [-0.25, -0.2) is 4.79 Å². The summed E-state index contributed by atoms with van der Waals surface area (Å²) < 4.78 is 10.5. The molecule has 0 bridgehead atoms. The number of halogens is 1. The Hall–Kier alpha value is -3.13. The number of nitro benzene ring substituents is 1. The number of amides is 1. The summed E-state index contributed by atoms with van der Waals surface area (Å²) in [5, 5.41) is 13.5. The normalized spacial score (nSPS) is 11.3. The van der Waals surface area contributed by atoms with Crippen LogP contribution in [-0.2, 0) is 14.3 Å². The van der Waals surface area contributed by atoms with E-state index in [1.54, 1.807) is 31.2 Å². The molecule has 0 spiro atoms. The quantitative estimate of drug-likeness (QED) is 0.418. The first-order valence-electron chi connectivity index (χ1n) is 8.02. The Morgan fingerprint density at radius 3 is 2.56 bits per heavy atom. The predicted octanol–water partition coefficient (Wildman–Crippen LogP) is 3.59. The molecule has 9 heteroatoms. The standard InChI is InChI=1S/C18H17ClN2O6/c1-2-16(27-13-6-4-3-5-7-13)18(23)26-11-17(22)20-14-10-12(19)8-9-15(14)21(24)25/h3-10,16H,2,11H2,1H3,(H,20,22)/t16-/m1/s1. The van der Waals surface area contributed by atoms with Crippen molar-refractivity contribution in [3.63, 3.8) is 0 Å². The summed E-state index contributed by atoms with van der Waals surface area (Å²) in [7, 11) is 0. The van der Waals surface area contributed by atoms with Crippen molar-refractivity contribution in [3.05, 3.63) is 63.7 Å². The van der Waals surface area contributed by atoms with Gasteiger partial charge in [0.05, 0.1) is 4.92 Å². The average Bonchev–Trinajstić information content (AvgIpc) is 2.64. The van der Waals surface area contributed by atoms with Crippen LogP contribution in [0.2, 0.25) is 5.02 Å². The van der Waals surface area contributed by atoms with Gasteiger partial charge in [-0.15, -0.1) is 0 Å². The molecule has 0 saturated carbocycles. The lowest BCUT2D eigenvalue weighted by Gasteiger charge is -2.16.